The predicted molar refractivity (Wildman–Crippen MR) is 69.9 cm³/mol. The Bertz CT molecular complexity index is 572. The molecular weight excluding hydrogens is 280 g/mol. The number of nitrogen functional groups attached to an aromatic ring is 1. The molecule has 9 nitrogen and oxygen atoms in total. The Morgan fingerprint density at radius 3 is 2.81 bits per heavy atom. The molecule has 0 spiro atoms. The van der Waals surface area contributed by atoms with Gasteiger partial charge in [-0.05, 0) is 13.8 Å². The van der Waals surface area contributed by atoms with E-state index in [0.717, 1.165) is 0 Å². The number of ether oxygens (including phenoxy) is 3. The van der Waals surface area contributed by atoms with Crippen molar-refractivity contribution in [3.63, 3.8) is 0 Å². The maximum absolute atomic E-state index is 11.1. The quantitative estimate of drug-likeness (QED) is 0.638. The van der Waals surface area contributed by atoms with Gasteiger partial charge in [0.05, 0.1) is 12.9 Å². The lowest BCUT2D eigenvalue weighted by molar-refractivity contribution is -0.216. The van der Waals surface area contributed by atoms with Crippen LogP contribution in [0.25, 0.3) is 0 Å². The van der Waals surface area contributed by atoms with Crippen molar-refractivity contribution in [2.45, 2.75) is 50.8 Å². The van der Waals surface area contributed by atoms with E-state index >= 15 is 0 Å². The number of aliphatic hydroxyl groups excluding tert-OH is 1. The molecule has 3 heterocycles. The van der Waals surface area contributed by atoms with Crippen molar-refractivity contribution in [1.29, 1.82) is 0 Å². The summed E-state index contributed by atoms with van der Waals surface area (Å²) in [5.41, 5.74) is 10.9. The first-order valence-electron chi connectivity index (χ1n) is 6.58. The van der Waals surface area contributed by atoms with Crippen LogP contribution in [0, 0.1) is 0 Å². The minimum absolute atomic E-state index is 0.00341. The number of anilines is 1. The van der Waals surface area contributed by atoms with Gasteiger partial charge >= 0.3 is 0 Å². The Morgan fingerprint density at radius 1 is 1.52 bits per heavy atom. The van der Waals surface area contributed by atoms with Crippen molar-refractivity contribution in [1.82, 2.24) is 9.55 Å². The number of hydrogen-bond acceptors (Lipinski definition) is 7. The molecule has 0 saturated carbocycles. The topological polar surface area (TPSA) is 135 Å². The van der Waals surface area contributed by atoms with Gasteiger partial charge in [0.2, 0.25) is 0 Å². The maximum atomic E-state index is 11.1. The second-order valence-corrected chi connectivity index (χ2v) is 5.63. The fourth-order valence-electron chi connectivity index (χ4n) is 2.63. The SMILES string of the molecule is CC1(C)O[C@H]2O[C@H](Cn3cnc(C(N)=O)c3N)[C@H](O)[C@H]2O1. The van der Waals surface area contributed by atoms with Crippen LogP contribution >= 0.6 is 0 Å². The Hall–Kier alpha value is -1.68. The van der Waals surface area contributed by atoms with E-state index in [4.69, 9.17) is 25.7 Å². The van der Waals surface area contributed by atoms with Gasteiger partial charge in [-0.2, -0.15) is 0 Å². The molecule has 1 aromatic heterocycles. The summed E-state index contributed by atoms with van der Waals surface area (Å²) in [5.74, 6) is -1.35. The minimum atomic E-state index is -0.865. The lowest BCUT2D eigenvalue weighted by atomic mass is 10.1. The number of fused-ring (bicyclic) bond motifs is 1. The molecule has 1 amide bonds. The highest BCUT2D eigenvalue weighted by Gasteiger charge is 2.54. The molecule has 1 aromatic rings. The summed E-state index contributed by atoms with van der Waals surface area (Å²) in [4.78, 5) is 15.0. The average Bonchev–Trinajstić information content (AvgIpc) is 2.96. The van der Waals surface area contributed by atoms with E-state index in [1.807, 2.05) is 0 Å². The first-order chi connectivity index (χ1) is 9.78. The molecule has 9 heteroatoms. The normalized spacial score (nSPS) is 34.0. The molecule has 0 bridgehead atoms. The number of imidazole rings is 1. The second-order valence-electron chi connectivity index (χ2n) is 5.63. The van der Waals surface area contributed by atoms with E-state index in [2.05, 4.69) is 4.98 Å². The summed E-state index contributed by atoms with van der Waals surface area (Å²) < 4.78 is 18.3. The molecule has 5 N–H and O–H groups in total. The Kier molecular flexibility index (Phi) is 3.17. The number of nitrogens with zero attached hydrogens (tertiary/aromatic N) is 2. The van der Waals surface area contributed by atoms with Crippen LogP contribution in [-0.4, -0.2) is 51.0 Å². The third kappa shape index (κ3) is 2.38. The largest absolute Gasteiger partial charge is 0.387 e. The number of nitrogens with two attached hydrogens (primary N) is 2. The summed E-state index contributed by atoms with van der Waals surface area (Å²) in [5, 5.41) is 10.3. The highest BCUT2D eigenvalue weighted by molar-refractivity contribution is 5.95. The molecule has 2 saturated heterocycles. The van der Waals surface area contributed by atoms with Gasteiger partial charge in [0.25, 0.3) is 5.91 Å². The van der Waals surface area contributed by atoms with Crippen LogP contribution in [0.15, 0.2) is 6.33 Å². The fraction of sp³-hybridized carbons (Fsp3) is 0.667. The highest BCUT2D eigenvalue weighted by Crippen LogP contribution is 2.37. The van der Waals surface area contributed by atoms with Crippen LogP contribution in [-0.2, 0) is 20.8 Å². The zero-order valence-electron chi connectivity index (χ0n) is 11.7. The maximum Gasteiger partial charge on any atom is 0.271 e. The van der Waals surface area contributed by atoms with Crippen LogP contribution < -0.4 is 11.5 Å². The van der Waals surface area contributed by atoms with Crippen molar-refractivity contribution < 1.29 is 24.1 Å². The first kappa shape index (κ1) is 14.3. The van der Waals surface area contributed by atoms with E-state index < -0.39 is 36.3 Å². The summed E-state index contributed by atoms with van der Waals surface area (Å²) in [6, 6.07) is 0. The Morgan fingerprint density at radius 2 is 2.24 bits per heavy atom. The van der Waals surface area contributed by atoms with Crippen LogP contribution in [0.2, 0.25) is 0 Å². The van der Waals surface area contributed by atoms with Gasteiger partial charge in [-0.15, -0.1) is 0 Å². The number of aromatic nitrogens is 2. The molecule has 2 aliphatic heterocycles. The molecule has 0 unspecified atom stereocenters. The summed E-state index contributed by atoms with van der Waals surface area (Å²) in [6.45, 7) is 3.72. The zero-order chi connectivity index (χ0) is 15.4. The van der Waals surface area contributed by atoms with E-state index in [-0.39, 0.29) is 18.1 Å². The van der Waals surface area contributed by atoms with E-state index in [1.54, 1.807) is 13.8 Å². The molecule has 0 aliphatic carbocycles. The van der Waals surface area contributed by atoms with E-state index in [9.17, 15) is 9.90 Å². The molecule has 21 heavy (non-hydrogen) atoms. The lowest BCUT2D eigenvalue weighted by Gasteiger charge is -2.23. The third-order valence-electron chi connectivity index (χ3n) is 3.60. The summed E-state index contributed by atoms with van der Waals surface area (Å²) >= 11 is 0. The fourth-order valence-corrected chi connectivity index (χ4v) is 2.63. The smallest absolute Gasteiger partial charge is 0.271 e. The minimum Gasteiger partial charge on any atom is -0.387 e. The van der Waals surface area contributed by atoms with Crippen LogP contribution in [0.5, 0.6) is 0 Å². The number of primary amides is 1. The van der Waals surface area contributed by atoms with Gasteiger partial charge in [0.15, 0.2) is 17.8 Å². The summed E-state index contributed by atoms with van der Waals surface area (Å²) in [6.07, 6.45) is -1.24. The van der Waals surface area contributed by atoms with Gasteiger partial charge in [-0.25, -0.2) is 4.98 Å². The molecule has 2 aliphatic rings. The van der Waals surface area contributed by atoms with Gasteiger partial charge in [0.1, 0.15) is 24.1 Å². The van der Waals surface area contributed by atoms with Crippen molar-refractivity contribution >= 4 is 11.7 Å². The summed E-state index contributed by atoms with van der Waals surface area (Å²) in [7, 11) is 0. The molecule has 2 fully saturated rings. The number of hydrogen-bond donors (Lipinski definition) is 3. The molecule has 0 radical (unpaired) electrons. The monoisotopic (exact) mass is 298 g/mol. The standard InChI is InChI=1S/C12H18N4O5/c1-12(2)20-8-7(17)5(19-11(8)21-12)3-16-4-15-6(9(16)13)10(14)18/h4-5,7-8,11,17H,3,13H2,1-2H3,(H2,14,18)/t5-,7+,8-,11-/m1/s1. The van der Waals surface area contributed by atoms with Gasteiger partial charge < -0.3 is 35.4 Å². The molecular formula is C12H18N4O5. The lowest BCUT2D eigenvalue weighted by Crippen LogP contribution is -2.36. The van der Waals surface area contributed by atoms with Crippen LogP contribution in [0.4, 0.5) is 5.82 Å². The molecule has 0 aromatic carbocycles. The Labute approximate surface area is 120 Å². The van der Waals surface area contributed by atoms with Gasteiger partial charge in [-0.1, -0.05) is 0 Å². The predicted octanol–water partition coefficient (Wildman–Crippen LogP) is -1.20. The Balaban J connectivity index is 1.72. The highest BCUT2D eigenvalue weighted by atomic mass is 16.8. The zero-order valence-corrected chi connectivity index (χ0v) is 11.7. The molecule has 3 rings (SSSR count). The average molecular weight is 298 g/mol. The van der Waals surface area contributed by atoms with Crippen LogP contribution in [0.1, 0.15) is 24.3 Å². The van der Waals surface area contributed by atoms with Gasteiger partial charge in [-0.3, -0.25) is 4.79 Å². The van der Waals surface area contributed by atoms with Crippen LogP contribution in [0.3, 0.4) is 0 Å². The third-order valence-corrected chi connectivity index (χ3v) is 3.60. The van der Waals surface area contributed by atoms with Crippen molar-refractivity contribution in [3.8, 4) is 0 Å². The molecule has 4 atom stereocenters. The molecule has 116 valence electrons. The number of carbonyl (C=O) groups excluding carboxylic acids is 1. The van der Waals surface area contributed by atoms with Gasteiger partial charge in [0, 0.05) is 0 Å². The van der Waals surface area contributed by atoms with Crippen molar-refractivity contribution in [2.75, 3.05) is 5.73 Å². The number of carbonyl (C=O) groups is 1. The van der Waals surface area contributed by atoms with Crippen molar-refractivity contribution in [2.24, 2.45) is 5.73 Å². The van der Waals surface area contributed by atoms with E-state index in [1.165, 1.54) is 10.9 Å². The number of rotatable bonds is 3. The number of amides is 1. The van der Waals surface area contributed by atoms with E-state index in [0.29, 0.717) is 0 Å². The van der Waals surface area contributed by atoms with Crippen molar-refractivity contribution in [3.05, 3.63) is 12.0 Å². The first-order valence-corrected chi connectivity index (χ1v) is 6.58. The number of aliphatic hydroxyl groups is 1. The second kappa shape index (κ2) is 4.67.